The van der Waals surface area contributed by atoms with Gasteiger partial charge in [-0.2, -0.15) is 0 Å². The largest absolute Gasteiger partial charge is 0.480 e. The molecule has 0 saturated carbocycles. The first-order chi connectivity index (χ1) is 25.9. The van der Waals surface area contributed by atoms with Gasteiger partial charge in [0.05, 0.1) is 26.2 Å². The molecule has 1 heterocycles. The number of hydrogen-bond donors (Lipinski definition) is 5. The predicted octanol–water partition coefficient (Wildman–Crippen LogP) is 1.85. The normalized spacial score (nSPS) is 16.1. The summed E-state index contributed by atoms with van der Waals surface area (Å²) in [7, 11) is 0. The second kappa shape index (κ2) is 24.1. The number of carboxylic acid groups (broad SMARTS) is 2. The topological polar surface area (TPSA) is 175 Å². The highest BCUT2D eigenvalue weighted by Gasteiger charge is 2.23. The number of nitrogens with one attached hydrogen (secondary N) is 3. The molecule has 0 aliphatic carbocycles. The fraction of sp³-hybridized carbons (Fsp3) is 0.575. The molecule has 1 fully saturated rings. The van der Waals surface area contributed by atoms with Gasteiger partial charge in [0.15, 0.2) is 0 Å². The summed E-state index contributed by atoms with van der Waals surface area (Å²) in [5, 5.41) is 27.4. The maximum atomic E-state index is 13.3. The number of carbonyl (C=O) groups excluding carboxylic acids is 3. The maximum Gasteiger partial charge on any atom is 0.317 e. The van der Waals surface area contributed by atoms with Gasteiger partial charge in [-0.1, -0.05) is 88.2 Å². The predicted molar refractivity (Wildman–Crippen MR) is 209 cm³/mol. The molecule has 54 heavy (non-hydrogen) atoms. The van der Waals surface area contributed by atoms with E-state index >= 15 is 0 Å². The standard InChI is InChI=1S/C40H61N7O7/c1-4-44-18-20-45(22-23-47(30-39(52)53)25-24-46(21-19-44)29-38(50)51)28-37(49)42-27-36(48)43-35(40(54)41-17-9-8-10-31(2)3)26-32-13-15-34(16-14-32)33-11-6-5-7-12-33/h5-7,11-16,31,35H,4,8-10,17-30H2,1-3H3,(H,41,54)(H,42,49)(H,43,48)(H,50,51)(H,52,53). The highest BCUT2D eigenvalue weighted by Crippen LogP contribution is 2.20. The summed E-state index contributed by atoms with van der Waals surface area (Å²) in [6.45, 7) is 10.9. The Morgan fingerprint density at radius 2 is 1.17 bits per heavy atom. The Labute approximate surface area is 320 Å². The molecule has 2 aromatic rings. The Kier molecular flexibility index (Phi) is 19.7. The van der Waals surface area contributed by atoms with Gasteiger partial charge in [-0.15, -0.1) is 0 Å². The number of nitrogens with zero attached hydrogens (tertiary/aromatic N) is 4. The van der Waals surface area contributed by atoms with Crippen molar-refractivity contribution in [1.29, 1.82) is 0 Å². The van der Waals surface area contributed by atoms with Crippen LogP contribution in [-0.4, -0.2) is 157 Å². The fourth-order valence-corrected chi connectivity index (χ4v) is 6.36. The number of amides is 3. The Morgan fingerprint density at radius 3 is 1.69 bits per heavy atom. The van der Waals surface area contributed by atoms with Crippen molar-refractivity contribution in [2.45, 2.75) is 52.5 Å². The molecule has 1 atom stereocenters. The van der Waals surface area contributed by atoms with Crippen molar-refractivity contribution in [3.63, 3.8) is 0 Å². The van der Waals surface area contributed by atoms with E-state index in [1.165, 1.54) is 0 Å². The Bertz CT molecular complexity index is 1460. The molecule has 1 unspecified atom stereocenters. The zero-order valence-electron chi connectivity index (χ0n) is 32.3. The third-order valence-electron chi connectivity index (χ3n) is 9.57. The average molecular weight is 752 g/mol. The van der Waals surface area contributed by atoms with Crippen molar-refractivity contribution in [3.8, 4) is 11.1 Å². The summed E-state index contributed by atoms with van der Waals surface area (Å²) in [5.41, 5.74) is 3.02. The molecule has 3 amide bonds. The van der Waals surface area contributed by atoms with Gasteiger partial charge in [-0.25, -0.2) is 0 Å². The fourth-order valence-electron chi connectivity index (χ4n) is 6.36. The minimum atomic E-state index is -0.985. The lowest BCUT2D eigenvalue weighted by Crippen LogP contribution is -2.52. The lowest BCUT2D eigenvalue weighted by Gasteiger charge is -2.33. The number of carbonyl (C=O) groups is 5. The van der Waals surface area contributed by atoms with E-state index in [-0.39, 0.29) is 44.4 Å². The van der Waals surface area contributed by atoms with Crippen LogP contribution in [0.25, 0.3) is 11.1 Å². The van der Waals surface area contributed by atoms with Crippen LogP contribution in [0.1, 0.15) is 45.6 Å². The van der Waals surface area contributed by atoms with E-state index < -0.39 is 23.9 Å². The van der Waals surface area contributed by atoms with Gasteiger partial charge in [0, 0.05) is 65.3 Å². The zero-order chi connectivity index (χ0) is 39.3. The molecule has 1 aliphatic rings. The quantitative estimate of drug-likeness (QED) is 0.133. The SMILES string of the molecule is CCN1CCN(CC(=O)O)CCN(CC(=O)O)CCN(CC(=O)NCC(=O)NC(Cc2ccc(-c3ccccc3)cc2)C(=O)NCCCCC(C)C)CC1. The van der Waals surface area contributed by atoms with E-state index in [2.05, 4.69) is 34.7 Å². The minimum absolute atomic E-state index is 0.00490. The van der Waals surface area contributed by atoms with Gasteiger partial charge in [-0.3, -0.25) is 38.7 Å². The van der Waals surface area contributed by atoms with E-state index in [1.54, 1.807) is 4.90 Å². The van der Waals surface area contributed by atoms with Crippen LogP contribution in [0.4, 0.5) is 0 Å². The van der Waals surface area contributed by atoms with Gasteiger partial charge in [0.1, 0.15) is 6.04 Å². The summed E-state index contributed by atoms with van der Waals surface area (Å²) < 4.78 is 0. The van der Waals surface area contributed by atoms with Crippen molar-refractivity contribution < 1.29 is 34.2 Å². The lowest BCUT2D eigenvalue weighted by molar-refractivity contribution is -0.140. The van der Waals surface area contributed by atoms with Gasteiger partial charge >= 0.3 is 11.9 Å². The monoisotopic (exact) mass is 751 g/mol. The molecule has 298 valence electrons. The van der Waals surface area contributed by atoms with Crippen LogP contribution in [0.3, 0.4) is 0 Å². The van der Waals surface area contributed by atoms with Crippen molar-refractivity contribution >= 4 is 29.7 Å². The summed E-state index contributed by atoms with van der Waals surface area (Å²) in [6.07, 6.45) is 3.20. The Hall–Kier alpha value is -4.37. The number of carboxylic acids is 2. The molecule has 3 rings (SSSR count). The second-order valence-corrected chi connectivity index (χ2v) is 14.4. The maximum absolute atomic E-state index is 13.3. The number of benzene rings is 2. The first-order valence-electron chi connectivity index (χ1n) is 19.2. The van der Waals surface area contributed by atoms with Crippen molar-refractivity contribution in [2.24, 2.45) is 5.92 Å². The van der Waals surface area contributed by atoms with Gasteiger partial charge in [0.2, 0.25) is 17.7 Å². The van der Waals surface area contributed by atoms with Crippen LogP contribution in [0.5, 0.6) is 0 Å². The van der Waals surface area contributed by atoms with Crippen LogP contribution in [0.15, 0.2) is 54.6 Å². The van der Waals surface area contributed by atoms with Crippen LogP contribution in [-0.2, 0) is 30.4 Å². The number of unbranched alkanes of at least 4 members (excludes halogenated alkanes) is 1. The summed E-state index contributed by atoms with van der Waals surface area (Å²) >= 11 is 0. The van der Waals surface area contributed by atoms with Crippen LogP contribution in [0.2, 0.25) is 0 Å². The molecular formula is C40H61N7O7. The molecule has 1 saturated heterocycles. The smallest absolute Gasteiger partial charge is 0.317 e. The van der Waals surface area contributed by atoms with Crippen molar-refractivity contribution in [1.82, 2.24) is 35.6 Å². The first-order valence-corrected chi connectivity index (χ1v) is 19.2. The third kappa shape index (κ3) is 17.6. The first kappa shape index (κ1) is 44.0. The molecule has 0 aromatic heterocycles. The van der Waals surface area contributed by atoms with Gasteiger partial charge in [-0.05, 0) is 35.6 Å². The van der Waals surface area contributed by atoms with Gasteiger partial charge in [0.25, 0.3) is 0 Å². The molecule has 14 nitrogen and oxygen atoms in total. The summed E-state index contributed by atoms with van der Waals surface area (Å²) in [6, 6.07) is 17.1. The highest BCUT2D eigenvalue weighted by molar-refractivity contribution is 5.90. The van der Waals surface area contributed by atoms with Crippen molar-refractivity contribution in [2.75, 3.05) is 91.6 Å². The molecule has 0 radical (unpaired) electrons. The minimum Gasteiger partial charge on any atom is -0.480 e. The molecule has 1 aliphatic heterocycles. The molecule has 2 aromatic carbocycles. The highest BCUT2D eigenvalue weighted by atomic mass is 16.4. The van der Waals surface area contributed by atoms with E-state index in [9.17, 15) is 34.2 Å². The lowest BCUT2D eigenvalue weighted by atomic mass is 10.00. The van der Waals surface area contributed by atoms with E-state index in [1.807, 2.05) is 71.3 Å². The Morgan fingerprint density at radius 1 is 0.648 bits per heavy atom. The second-order valence-electron chi connectivity index (χ2n) is 14.4. The molecule has 0 spiro atoms. The molecule has 5 N–H and O–H groups in total. The zero-order valence-corrected chi connectivity index (χ0v) is 32.3. The summed E-state index contributed by atoms with van der Waals surface area (Å²) in [5.74, 6) is -2.44. The average Bonchev–Trinajstić information content (AvgIpc) is 3.13. The molecule has 0 bridgehead atoms. The number of hydrogen-bond acceptors (Lipinski definition) is 9. The van der Waals surface area contributed by atoms with Crippen molar-refractivity contribution in [3.05, 3.63) is 60.2 Å². The van der Waals surface area contributed by atoms with Gasteiger partial charge < -0.3 is 31.1 Å². The molecule has 14 heteroatoms. The van der Waals surface area contributed by atoms with E-state index in [4.69, 9.17) is 0 Å². The summed E-state index contributed by atoms with van der Waals surface area (Å²) in [4.78, 5) is 70.4. The molecular weight excluding hydrogens is 690 g/mol. The van der Waals surface area contributed by atoms with Crippen LogP contribution < -0.4 is 16.0 Å². The van der Waals surface area contributed by atoms with E-state index in [0.717, 1.165) is 42.5 Å². The van der Waals surface area contributed by atoms with Crippen LogP contribution >= 0.6 is 0 Å². The van der Waals surface area contributed by atoms with Crippen LogP contribution in [0, 0.1) is 5.92 Å². The third-order valence-corrected chi connectivity index (χ3v) is 9.57. The Balaban J connectivity index is 1.61. The number of rotatable bonds is 19. The van der Waals surface area contributed by atoms with E-state index in [0.29, 0.717) is 64.8 Å². The number of aliphatic carboxylic acids is 2. The number of likely N-dealkylation sites (N-methyl/N-ethyl adjacent to an activating group) is 1.